The molecule has 0 saturated heterocycles. The van der Waals surface area contributed by atoms with E-state index in [-0.39, 0.29) is 29.5 Å². The zero-order chi connectivity index (χ0) is 19.1. The normalized spacial score (nSPS) is 10.1. The summed E-state index contributed by atoms with van der Waals surface area (Å²) in [6, 6.07) is 7.52. The molecule has 0 saturated carbocycles. The van der Waals surface area contributed by atoms with E-state index in [9.17, 15) is 9.18 Å². The van der Waals surface area contributed by atoms with Gasteiger partial charge in [-0.2, -0.15) is 4.39 Å². The maximum absolute atomic E-state index is 14.8. The van der Waals surface area contributed by atoms with Crippen molar-refractivity contribution in [2.45, 2.75) is 20.3 Å². The summed E-state index contributed by atoms with van der Waals surface area (Å²) in [7, 11) is 0. The lowest BCUT2D eigenvalue weighted by atomic mass is 10.1. The Labute approximate surface area is 156 Å². The van der Waals surface area contributed by atoms with Crippen molar-refractivity contribution in [1.29, 1.82) is 0 Å². The number of benzene rings is 2. The van der Waals surface area contributed by atoms with E-state index in [0.29, 0.717) is 17.0 Å². The van der Waals surface area contributed by atoms with Crippen molar-refractivity contribution in [1.82, 2.24) is 0 Å². The molecule has 0 unspecified atom stereocenters. The van der Waals surface area contributed by atoms with Gasteiger partial charge in [-0.05, 0) is 43.2 Å². The molecule has 0 aliphatic carbocycles. The van der Waals surface area contributed by atoms with Crippen molar-refractivity contribution < 1.29 is 23.4 Å². The molecule has 2 aromatic rings. The Morgan fingerprint density at radius 1 is 1.27 bits per heavy atom. The van der Waals surface area contributed by atoms with Crippen LogP contribution in [0.25, 0.3) is 4.85 Å². The third-order valence-corrected chi connectivity index (χ3v) is 3.60. The summed E-state index contributed by atoms with van der Waals surface area (Å²) < 4.78 is 30.4. The van der Waals surface area contributed by atoms with Gasteiger partial charge in [-0.3, -0.25) is 0 Å². The first kappa shape index (κ1) is 19.5. The van der Waals surface area contributed by atoms with E-state index in [1.54, 1.807) is 13.0 Å². The van der Waals surface area contributed by atoms with E-state index in [1.165, 1.54) is 24.3 Å². The van der Waals surface area contributed by atoms with Gasteiger partial charge in [-0.15, -0.1) is 0 Å². The van der Waals surface area contributed by atoms with Gasteiger partial charge in [0.15, 0.2) is 23.8 Å². The van der Waals surface area contributed by atoms with Gasteiger partial charge in [0, 0.05) is 5.02 Å². The molecule has 0 heterocycles. The van der Waals surface area contributed by atoms with Crippen LogP contribution in [0.5, 0.6) is 17.2 Å². The number of hydrogen-bond donors (Lipinski definition) is 0. The van der Waals surface area contributed by atoms with Gasteiger partial charge in [0.1, 0.15) is 5.75 Å². The van der Waals surface area contributed by atoms with Gasteiger partial charge >= 0.3 is 5.97 Å². The molecule has 26 heavy (non-hydrogen) atoms. The number of esters is 1. The van der Waals surface area contributed by atoms with Crippen LogP contribution in [-0.2, 0) is 16.0 Å². The van der Waals surface area contributed by atoms with Gasteiger partial charge < -0.3 is 14.2 Å². The monoisotopic (exact) mass is 377 g/mol. The minimum Gasteiger partial charge on any atom is -0.479 e. The Bertz CT molecular complexity index is 848. The average Bonchev–Trinajstić information content (AvgIpc) is 2.62. The smallest absolute Gasteiger partial charge is 0.344 e. The summed E-state index contributed by atoms with van der Waals surface area (Å²) in [5.74, 6) is -1.26. The molecule has 5 nitrogen and oxygen atoms in total. The van der Waals surface area contributed by atoms with Crippen LogP contribution >= 0.6 is 11.6 Å². The van der Waals surface area contributed by atoms with Crippen LogP contribution in [0.2, 0.25) is 5.02 Å². The van der Waals surface area contributed by atoms with E-state index >= 15 is 0 Å². The van der Waals surface area contributed by atoms with Crippen LogP contribution in [0.15, 0.2) is 30.3 Å². The van der Waals surface area contributed by atoms with Crippen LogP contribution in [0.1, 0.15) is 19.4 Å². The molecule has 0 spiro atoms. The second kappa shape index (κ2) is 9.07. The first-order valence-corrected chi connectivity index (χ1v) is 8.32. The molecule has 0 fully saturated rings. The summed E-state index contributed by atoms with van der Waals surface area (Å²) in [6.07, 6.45) is 0.515. The predicted molar refractivity (Wildman–Crippen MR) is 95.7 cm³/mol. The maximum atomic E-state index is 14.8. The summed E-state index contributed by atoms with van der Waals surface area (Å²) in [5, 5.41) is 0.307. The van der Waals surface area contributed by atoms with E-state index in [0.717, 1.165) is 0 Å². The van der Waals surface area contributed by atoms with Crippen molar-refractivity contribution in [2.24, 2.45) is 0 Å². The molecule has 0 bridgehead atoms. The third-order valence-electron chi connectivity index (χ3n) is 3.38. The number of ether oxygens (including phenoxy) is 3. The maximum Gasteiger partial charge on any atom is 0.344 e. The van der Waals surface area contributed by atoms with Crippen molar-refractivity contribution in [3.05, 3.63) is 58.2 Å². The number of carbonyl (C=O) groups is 1. The Morgan fingerprint density at radius 2 is 2.04 bits per heavy atom. The summed E-state index contributed by atoms with van der Waals surface area (Å²) in [5.41, 5.74) is 0.885. The first-order chi connectivity index (χ1) is 12.5. The quantitative estimate of drug-likeness (QED) is 0.483. The molecule has 0 amide bonds. The van der Waals surface area contributed by atoms with Crippen molar-refractivity contribution >= 4 is 23.3 Å². The van der Waals surface area contributed by atoms with Crippen molar-refractivity contribution in [3.63, 3.8) is 0 Å². The summed E-state index contributed by atoms with van der Waals surface area (Å²) >= 11 is 5.96. The number of nitrogens with zero attached hydrogens (tertiary/aromatic N) is 1. The fourth-order valence-electron chi connectivity index (χ4n) is 2.21. The Hall–Kier alpha value is -2.78. The molecular formula is C19H17ClFNO4. The fraction of sp³-hybridized carbons (Fsp3) is 0.263. The second-order valence-electron chi connectivity index (χ2n) is 5.17. The highest BCUT2D eigenvalue weighted by Crippen LogP contribution is 2.36. The highest BCUT2D eigenvalue weighted by atomic mass is 35.5. The van der Waals surface area contributed by atoms with Crippen LogP contribution in [0.4, 0.5) is 10.1 Å². The van der Waals surface area contributed by atoms with Crippen LogP contribution in [-0.4, -0.2) is 19.2 Å². The van der Waals surface area contributed by atoms with Gasteiger partial charge in [-0.1, -0.05) is 24.6 Å². The minimum absolute atomic E-state index is 0.0351. The number of aryl methyl sites for hydroxylation is 1. The lowest BCUT2D eigenvalue weighted by Crippen LogP contribution is -2.15. The van der Waals surface area contributed by atoms with E-state index in [4.69, 9.17) is 32.4 Å². The van der Waals surface area contributed by atoms with Crippen LogP contribution in [0, 0.1) is 12.4 Å². The number of rotatable bonds is 7. The molecule has 7 heteroatoms. The van der Waals surface area contributed by atoms with E-state index in [1.807, 2.05) is 6.92 Å². The molecule has 0 radical (unpaired) electrons. The average molecular weight is 378 g/mol. The van der Waals surface area contributed by atoms with Crippen LogP contribution in [0.3, 0.4) is 0 Å². The highest BCUT2D eigenvalue weighted by molar-refractivity contribution is 6.31. The number of halogens is 2. The molecule has 0 aliphatic rings. The largest absolute Gasteiger partial charge is 0.479 e. The zero-order valence-corrected chi connectivity index (χ0v) is 15.1. The van der Waals surface area contributed by atoms with Crippen molar-refractivity contribution in [3.8, 4) is 17.2 Å². The summed E-state index contributed by atoms with van der Waals surface area (Å²) in [6.45, 7) is 10.4. The summed E-state index contributed by atoms with van der Waals surface area (Å²) in [4.78, 5) is 14.7. The Balaban J connectivity index is 2.32. The molecule has 136 valence electrons. The minimum atomic E-state index is -0.738. The lowest BCUT2D eigenvalue weighted by molar-refractivity contribution is -0.145. The number of carbonyl (C=O) groups excluding carboxylic acids is 1. The molecular weight excluding hydrogens is 361 g/mol. The lowest BCUT2D eigenvalue weighted by Gasteiger charge is -2.15. The molecule has 0 N–H and O–H groups in total. The fourth-order valence-corrected chi connectivity index (χ4v) is 2.43. The van der Waals surface area contributed by atoms with Gasteiger partial charge in [0.05, 0.1) is 13.2 Å². The molecule has 0 atom stereocenters. The molecule has 2 aromatic carbocycles. The van der Waals surface area contributed by atoms with Crippen molar-refractivity contribution in [2.75, 3.05) is 13.2 Å². The molecule has 0 aromatic heterocycles. The second-order valence-corrected chi connectivity index (χ2v) is 5.61. The van der Waals surface area contributed by atoms with Crippen LogP contribution < -0.4 is 9.47 Å². The number of hydrogen-bond acceptors (Lipinski definition) is 4. The van der Waals surface area contributed by atoms with Gasteiger partial charge in [0.25, 0.3) is 0 Å². The Morgan fingerprint density at radius 3 is 2.69 bits per heavy atom. The third kappa shape index (κ3) is 4.87. The van der Waals surface area contributed by atoms with Gasteiger partial charge in [-0.25, -0.2) is 9.64 Å². The SMILES string of the molecule is [C-]#[N+]c1cc(Cl)cc(Oc2c(CC)ccc(OCC(=O)OCC)c2F)c1. The molecule has 2 rings (SSSR count). The van der Waals surface area contributed by atoms with Gasteiger partial charge in [0.2, 0.25) is 5.82 Å². The zero-order valence-electron chi connectivity index (χ0n) is 14.3. The van der Waals surface area contributed by atoms with E-state index in [2.05, 4.69) is 4.85 Å². The topological polar surface area (TPSA) is 49.1 Å². The standard InChI is InChI=1S/C19H17ClFNO4/c1-4-12-6-7-16(25-11-17(23)24-5-2)18(21)19(12)26-15-9-13(20)8-14(10-15)22-3/h6-10H,4-5,11H2,1-2H3. The predicted octanol–water partition coefficient (Wildman–Crippen LogP) is 5.33. The Kier molecular flexibility index (Phi) is 6.81. The molecule has 0 aliphatic heterocycles. The highest BCUT2D eigenvalue weighted by Gasteiger charge is 2.18. The van der Waals surface area contributed by atoms with E-state index < -0.39 is 18.4 Å². The first-order valence-electron chi connectivity index (χ1n) is 7.94.